The molecule has 41 heavy (non-hydrogen) atoms. The molecule has 0 spiro atoms. The minimum absolute atomic E-state index is 0.119. The third-order valence-corrected chi connectivity index (χ3v) is 6.61. The van der Waals surface area contributed by atoms with E-state index in [0.717, 1.165) is 22.8 Å². The third kappa shape index (κ3) is 5.90. The Morgan fingerprint density at radius 2 is 1.83 bits per heavy atom. The Kier molecular flexibility index (Phi) is 8.99. The molecule has 2 aromatic heterocycles. The van der Waals surface area contributed by atoms with E-state index in [9.17, 15) is 14.3 Å². The number of nitrogens with zero attached hydrogens (tertiary/aromatic N) is 4. The Hall–Kier alpha value is -4.76. The normalized spacial score (nSPS) is 12.2. The highest BCUT2D eigenvalue weighted by molar-refractivity contribution is 6.30. The van der Waals surface area contributed by atoms with Crippen LogP contribution in [0.25, 0.3) is 27.9 Å². The number of phenolic OH excluding ortho intramolecular Hbond substituents is 1. The standard InChI is InChI=1S/C29H23ClFN5O3.C2H6/c1-16-8-9-20(30)12-23(16)24(18-6-4-3-5-7-18)27(39-15-37)17(2)36-29-25(28(32)33-14-34-29)26(35-36)19-10-21(31)13-22(38)11-19;1-2/h3-15,17,38H,1-2H3,(H2,32,33,34);1-2H3/b27-24-;. The number of rotatable bonds is 7. The van der Waals surface area contributed by atoms with Gasteiger partial charge in [-0.3, -0.25) is 4.79 Å². The van der Waals surface area contributed by atoms with Crippen LogP contribution in [0, 0.1) is 12.7 Å². The highest BCUT2D eigenvalue weighted by atomic mass is 35.5. The van der Waals surface area contributed by atoms with Crippen LogP contribution in [-0.4, -0.2) is 31.3 Å². The number of aryl methyl sites for hydroxylation is 1. The lowest BCUT2D eigenvalue weighted by Gasteiger charge is -2.22. The molecule has 3 N–H and O–H groups in total. The number of hydrogen-bond donors (Lipinski definition) is 2. The van der Waals surface area contributed by atoms with Crippen LogP contribution in [-0.2, 0) is 9.53 Å². The van der Waals surface area contributed by atoms with Crippen molar-refractivity contribution < 1.29 is 19.0 Å². The summed E-state index contributed by atoms with van der Waals surface area (Å²) in [4.78, 5) is 20.3. The second-order valence-electron chi connectivity index (χ2n) is 8.90. The summed E-state index contributed by atoms with van der Waals surface area (Å²) in [5.41, 5.74) is 10.2. The van der Waals surface area contributed by atoms with E-state index in [4.69, 9.17) is 27.2 Å². The molecule has 0 aliphatic rings. The number of carbonyl (C=O) groups excluding carboxylic acids is 1. The topological polar surface area (TPSA) is 116 Å². The van der Waals surface area contributed by atoms with E-state index < -0.39 is 11.9 Å². The smallest absolute Gasteiger partial charge is 0.298 e. The van der Waals surface area contributed by atoms with Gasteiger partial charge in [0.2, 0.25) is 0 Å². The summed E-state index contributed by atoms with van der Waals surface area (Å²) in [6, 6.07) is 17.8. The zero-order chi connectivity index (χ0) is 29.7. The molecule has 0 radical (unpaired) electrons. The van der Waals surface area contributed by atoms with Crippen LogP contribution < -0.4 is 5.73 Å². The molecule has 8 nitrogen and oxygen atoms in total. The zero-order valence-electron chi connectivity index (χ0n) is 23.0. The van der Waals surface area contributed by atoms with Crippen LogP contribution in [0.1, 0.15) is 43.5 Å². The lowest BCUT2D eigenvalue weighted by molar-refractivity contribution is -0.125. The molecule has 0 aliphatic carbocycles. The molecule has 3 aromatic carbocycles. The summed E-state index contributed by atoms with van der Waals surface area (Å²) >= 11 is 6.39. The van der Waals surface area contributed by atoms with E-state index in [-0.39, 0.29) is 28.6 Å². The maximum Gasteiger partial charge on any atom is 0.298 e. The Morgan fingerprint density at radius 3 is 2.51 bits per heavy atom. The van der Waals surface area contributed by atoms with Gasteiger partial charge in [-0.25, -0.2) is 19.0 Å². The molecule has 0 aliphatic heterocycles. The summed E-state index contributed by atoms with van der Waals surface area (Å²) in [7, 11) is 0. The van der Waals surface area contributed by atoms with Crippen LogP contribution in [0.4, 0.5) is 10.2 Å². The predicted octanol–water partition coefficient (Wildman–Crippen LogP) is 7.10. The summed E-state index contributed by atoms with van der Waals surface area (Å²) in [5, 5.41) is 15.6. The summed E-state index contributed by atoms with van der Waals surface area (Å²) in [5.74, 6) is -0.530. The molecule has 5 aromatic rings. The molecule has 210 valence electrons. The van der Waals surface area contributed by atoms with Gasteiger partial charge in [0.15, 0.2) is 5.65 Å². The first-order valence-electron chi connectivity index (χ1n) is 12.9. The minimum Gasteiger partial charge on any atom is -0.508 e. The minimum atomic E-state index is -0.712. The fourth-order valence-electron chi connectivity index (χ4n) is 4.61. The van der Waals surface area contributed by atoms with E-state index in [2.05, 4.69) is 9.97 Å². The van der Waals surface area contributed by atoms with Crippen LogP contribution in [0.2, 0.25) is 5.02 Å². The van der Waals surface area contributed by atoms with Gasteiger partial charge in [-0.15, -0.1) is 0 Å². The SMILES string of the molecule is CC.Cc1ccc(Cl)cc1/C(=C(\OC=O)C(C)n1nc(-c2cc(O)cc(F)c2)c2c(N)ncnc21)c1ccccc1. The van der Waals surface area contributed by atoms with Crippen molar-refractivity contribution >= 4 is 40.5 Å². The van der Waals surface area contributed by atoms with Crippen LogP contribution in [0.3, 0.4) is 0 Å². The first kappa shape index (κ1) is 29.2. The van der Waals surface area contributed by atoms with Crippen LogP contribution >= 0.6 is 11.6 Å². The van der Waals surface area contributed by atoms with Gasteiger partial charge in [-0.05, 0) is 54.8 Å². The van der Waals surface area contributed by atoms with E-state index in [1.807, 2.05) is 63.2 Å². The second-order valence-corrected chi connectivity index (χ2v) is 9.34. The number of aromatic nitrogens is 4. The Balaban J connectivity index is 0.00000189. The molecule has 0 saturated carbocycles. The lowest BCUT2D eigenvalue weighted by Crippen LogP contribution is -2.15. The summed E-state index contributed by atoms with van der Waals surface area (Å²) in [6.07, 6.45) is 1.29. The van der Waals surface area contributed by atoms with Crippen molar-refractivity contribution in [3.8, 4) is 17.0 Å². The van der Waals surface area contributed by atoms with Gasteiger partial charge in [0.05, 0.1) is 5.39 Å². The van der Waals surface area contributed by atoms with Crippen molar-refractivity contribution in [2.24, 2.45) is 0 Å². The average Bonchev–Trinajstić information content (AvgIpc) is 3.36. The van der Waals surface area contributed by atoms with E-state index >= 15 is 0 Å². The van der Waals surface area contributed by atoms with Gasteiger partial charge in [-0.1, -0.05) is 61.8 Å². The highest BCUT2D eigenvalue weighted by Crippen LogP contribution is 2.39. The van der Waals surface area contributed by atoms with Crippen LogP contribution in [0.5, 0.6) is 5.75 Å². The Labute approximate surface area is 241 Å². The number of hydrogen-bond acceptors (Lipinski definition) is 7. The van der Waals surface area contributed by atoms with Gasteiger partial charge < -0.3 is 15.6 Å². The van der Waals surface area contributed by atoms with Crippen molar-refractivity contribution in [2.75, 3.05) is 5.73 Å². The van der Waals surface area contributed by atoms with Crippen molar-refractivity contribution in [1.82, 2.24) is 19.7 Å². The maximum absolute atomic E-state index is 14.2. The van der Waals surface area contributed by atoms with Gasteiger partial charge in [-0.2, -0.15) is 5.10 Å². The molecular formula is C31H29ClFN5O3. The first-order valence-corrected chi connectivity index (χ1v) is 13.3. The van der Waals surface area contributed by atoms with Crippen LogP contribution in [0.15, 0.2) is 78.8 Å². The molecule has 1 atom stereocenters. The van der Waals surface area contributed by atoms with Gasteiger partial charge >= 0.3 is 0 Å². The second kappa shape index (κ2) is 12.6. The van der Waals surface area contributed by atoms with Gasteiger partial charge in [0.25, 0.3) is 6.47 Å². The summed E-state index contributed by atoms with van der Waals surface area (Å²) < 4.78 is 21.4. The molecule has 5 rings (SSSR count). The van der Waals surface area contributed by atoms with E-state index in [0.29, 0.717) is 28.1 Å². The maximum atomic E-state index is 14.2. The number of nitrogen functional groups attached to an aromatic ring is 1. The van der Waals surface area contributed by atoms with Gasteiger partial charge in [0, 0.05) is 22.2 Å². The highest BCUT2D eigenvalue weighted by Gasteiger charge is 2.27. The Bertz CT molecular complexity index is 1720. The number of nitrogens with two attached hydrogens (primary N) is 1. The number of ether oxygens (including phenoxy) is 1. The van der Waals surface area contributed by atoms with Crippen molar-refractivity contribution in [1.29, 1.82) is 0 Å². The largest absolute Gasteiger partial charge is 0.508 e. The van der Waals surface area contributed by atoms with E-state index in [1.165, 1.54) is 23.1 Å². The summed E-state index contributed by atoms with van der Waals surface area (Å²) in [6.45, 7) is 8.08. The number of carbonyl (C=O) groups is 1. The number of halogens is 2. The number of aromatic hydroxyl groups is 1. The Morgan fingerprint density at radius 1 is 1.10 bits per heavy atom. The molecule has 0 amide bonds. The van der Waals surface area contributed by atoms with E-state index in [1.54, 1.807) is 13.0 Å². The fourth-order valence-corrected chi connectivity index (χ4v) is 4.78. The average molecular weight is 574 g/mol. The quantitative estimate of drug-likeness (QED) is 0.157. The fraction of sp³-hybridized carbons (Fsp3) is 0.161. The third-order valence-electron chi connectivity index (χ3n) is 6.37. The number of phenols is 1. The monoisotopic (exact) mass is 573 g/mol. The molecule has 0 bridgehead atoms. The molecule has 10 heteroatoms. The number of fused-ring (bicyclic) bond motifs is 1. The van der Waals surface area contributed by atoms with Crippen molar-refractivity contribution in [3.63, 3.8) is 0 Å². The first-order chi connectivity index (χ1) is 19.8. The predicted molar refractivity (Wildman–Crippen MR) is 159 cm³/mol. The molecule has 1 unspecified atom stereocenters. The van der Waals surface area contributed by atoms with Crippen molar-refractivity contribution in [3.05, 3.63) is 106 Å². The lowest BCUT2D eigenvalue weighted by atomic mass is 9.91. The zero-order valence-corrected chi connectivity index (χ0v) is 23.7. The molecule has 2 heterocycles. The number of benzene rings is 3. The van der Waals surface area contributed by atoms with Gasteiger partial charge in [0.1, 0.15) is 41.2 Å². The van der Waals surface area contributed by atoms with Crippen molar-refractivity contribution in [2.45, 2.75) is 33.7 Å². The molecule has 0 saturated heterocycles. The molecule has 0 fully saturated rings. The number of allylic oxidation sites excluding steroid dienone is 1. The molecular weight excluding hydrogens is 545 g/mol. The number of anilines is 1.